The van der Waals surface area contributed by atoms with E-state index < -0.39 is 24.1 Å². The van der Waals surface area contributed by atoms with Crippen LogP contribution in [0.15, 0.2) is 24.3 Å². The van der Waals surface area contributed by atoms with E-state index in [1.165, 1.54) is 0 Å². The van der Waals surface area contributed by atoms with Crippen LogP contribution in [0.2, 0.25) is 0 Å². The number of aromatic nitrogens is 4. The first-order chi connectivity index (χ1) is 20.8. The third kappa shape index (κ3) is 6.68. The molecule has 0 fully saturated rings. The van der Waals surface area contributed by atoms with Gasteiger partial charge >= 0.3 is 39.6 Å². The number of aliphatic carboxylic acids is 2. The molecule has 2 atom stereocenters. The maximum absolute atomic E-state index is 11.5. The largest absolute Gasteiger partial charge is 2.00 e. The molecule has 0 saturated carbocycles. The van der Waals surface area contributed by atoms with Crippen molar-refractivity contribution >= 4 is 56.3 Å². The number of aliphatic hydroxyl groups is 2. The minimum Gasteiger partial charge on any atom is -0.657 e. The molecule has 0 saturated heterocycles. The molecule has 2 unspecified atom stereocenters. The average molecular weight is 797 g/mol. The molecule has 0 spiro atoms. The molecule has 8 bridgehead atoms. The van der Waals surface area contributed by atoms with Crippen molar-refractivity contribution in [2.24, 2.45) is 0 Å². The predicted octanol–water partition coefficient (Wildman–Crippen LogP) is 4.84. The Morgan fingerprint density at radius 1 is 0.644 bits per heavy atom. The van der Waals surface area contributed by atoms with Gasteiger partial charge in [0.1, 0.15) is 0 Å². The molecule has 3 aromatic heterocycles. The van der Waals surface area contributed by atoms with Gasteiger partial charge in [-0.3, -0.25) is 9.59 Å². The maximum Gasteiger partial charge on any atom is 2.00 e. The summed E-state index contributed by atoms with van der Waals surface area (Å²) < 4.78 is 0. The Balaban J connectivity index is 0.00000461. The summed E-state index contributed by atoms with van der Waals surface area (Å²) >= 11 is 0. The van der Waals surface area contributed by atoms with E-state index in [4.69, 9.17) is 19.9 Å². The van der Waals surface area contributed by atoms with E-state index in [1.54, 1.807) is 26.0 Å². The van der Waals surface area contributed by atoms with Gasteiger partial charge in [-0.1, -0.05) is 40.5 Å². The van der Waals surface area contributed by atoms with Gasteiger partial charge in [-0.05, 0) is 71.6 Å². The van der Waals surface area contributed by atoms with E-state index >= 15 is 0 Å². The van der Waals surface area contributed by atoms with Crippen LogP contribution in [0.5, 0.6) is 0 Å². The van der Waals surface area contributed by atoms with E-state index in [1.807, 2.05) is 39.8 Å². The van der Waals surface area contributed by atoms with Crippen LogP contribution < -0.4 is 9.97 Å². The molecule has 5 rings (SSSR count). The molecule has 2 aliphatic heterocycles. The fourth-order valence-electron chi connectivity index (χ4n) is 6.15. The summed E-state index contributed by atoms with van der Waals surface area (Å²) in [5.74, 6) is -1.86. The van der Waals surface area contributed by atoms with E-state index in [2.05, 4.69) is 0 Å². The summed E-state index contributed by atoms with van der Waals surface area (Å²) in [6.07, 6.45) is -1.32. The molecule has 5 heterocycles. The van der Waals surface area contributed by atoms with Crippen molar-refractivity contribution < 1.29 is 57.7 Å². The number of fused-ring (bicyclic) bond motifs is 8. The van der Waals surface area contributed by atoms with Gasteiger partial charge in [0.05, 0.1) is 35.0 Å². The summed E-state index contributed by atoms with van der Waals surface area (Å²) in [6.45, 7) is 10.9. The van der Waals surface area contributed by atoms with Gasteiger partial charge in [0.15, 0.2) is 0 Å². The molecule has 11 heteroatoms. The van der Waals surface area contributed by atoms with Crippen LogP contribution in [0, 0.1) is 13.8 Å². The molecule has 3 aromatic rings. The minimum atomic E-state index is -0.931. The van der Waals surface area contributed by atoms with E-state index in [-0.39, 0.29) is 53.4 Å². The van der Waals surface area contributed by atoms with Gasteiger partial charge in [0, 0.05) is 24.0 Å². The van der Waals surface area contributed by atoms with Crippen LogP contribution in [0.4, 0.5) is 0 Å². The molecule has 0 aromatic carbocycles. The first-order valence-corrected chi connectivity index (χ1v) is 14.6. The molecule has 10 nitrogen and oxygen atoms in total. The van der Waals surface area contributed by atoms with Crippen molar-refractivity contribution in [3.8, 4) is 0 Å². The van der Waals surface area contributed by atoms with Crippen molar-refractivity contribution in [3.63, 3.8) is 0 Å². The van der Waals surface area contributed by atoms with Crippen LogP contribution >= 0.6 is 0 Å². The standard InChI is InChI=1S/C34H38N4O6.Hg/c1-15-21(7-9-31(41)42)27-14-28-22(8-10-32(43)44)16(2)24(36-28)12-29-34(20(6)40)18(4)26(38-29)13-30-33(19(5)39)17(3)25(37-30)11-23(15)35-27;/h11-14,19-20,39-40H,7-10H2,1-6H3,(H4,35,36,37,38,41,42,43,44);/q;+2/p-2. The number of carboxylic acids is 2. The Bertz CT molecular complexity index is 1930. The zero-order chi connectivity index (χ0) is 32.0. The second-order valence-corrected chi connectivity index (χ2v) is 11.5. The third-order valence-corrected chi connectivity index (χ3v) is 8.49. The number of rotatable bonds is 8. The number of hydrogen-bond acceptors (Lipinski definition) is 6. The van der Waals surface area contributed by atoms with Crippen LogP contribution in [0.3, 0.4) is 0 Å². The zero-order valence-corrected chi connectivity index (χ0v) is 31.9. The summed E-state index contributed by atoms with van der Waals surface area (Å²) in [5, 5.41) is 40.4. The Morgan fingerprint density at radius 3 is 1.42 bits per heavy atom. The third-order valence-electron chi connectivity index (χ3n) is 8.49. The molecule has 0 aliphatic carbocycles. The van der Waals surface area contributed by atoms with Crippen LogP contribution in [0.1, 0.15) is 85.6 Å². The van der Waals surface area contributed by atoms with Crippen molar-refractivity contribution in [1.29, 1.82) is 0 Å². The van der Waals surface area contributed by atoms with Gasteiger partial charge in [0.2, 0.25) is 0 Å². The molecule has 0 amide bonds. The number of allylic oxidation sites excluding steroid dienone is 2. The molecular weight excluding hydrogens is 761 g/mol. The first-order valence-electron chi connectivity index (χ1n) is 14.6. The fourth-order valence-corrected chi connectivity index (χ4v) is 6.15. The van der Waals surface area contributed by atoms with Gasteiger partial charge in [-0.2, -0.15) is 0 Å². The molecule has 2 aliphatic rings. The minimum absolute atomic E-state index is 0. The van der Waals surface area contributed by atoms with Gasteiger partial charge < -0.3 is 30.4 Å². The smallest absolute Gasteiger partial charge is 0.657 e. The summed E-state index contributed by atoms with van der Waals surface area (Å²) in [6, 6.07) is 7.25. The number of hydrogen-bond donors (Lipinski definition) is 4. The monoisotopic (exact) mass is 798 g/mol. The number of carbonyl (C=O) groups is 2. The van der Waals surface area contributed by atoms with Crippen molar-refractivity contribution in [2.75, 3.05) is 0 Å². The Labute approximate surface area is 281 Å². The number of carboxylic acid groups (broad SMARTS) is 2. The summed E-state index contributed by atoms with van der Waals surface area (Å²) in [4.78, 5) is 42.6. The van der Waals surface area contributed by atoms with E-state index in [0.29, 0.717) is 56.0 Å². The normalized spacial score (nSPS) is 14.4. The topological polar surface area (TPSA) is 169 Å². The van der Waals surface area contributed by atoms with Gasteiger partial charge in [-0.15, -0.1) is 22.1 Å². The van der Waals surface area contributed by atoms with Gasteiger partial charge in [-0.25, -0.2) is 9.97 Å². The maximum atomic E-state index is 11.5. The molecule has 0 radical (unpaired) electrons. The van der Waals surface area contributed by atoms with E-state index in [0.717, 1.165) is 33.4 Å². The van der Waals surface area contributed by atoms with E-state index in [9.17, 15) is 30.0 Å². The van der Waals surface area contributed by atoms with Gasteiger partial charge in [0.25, 0.3) is 0 Å². The van der Waals surface area contributed by atoms with Crippen LogP contribution in [0.25, 0.3) is 44.4 Å². The van der Waals surface area contributed by atoms with Crippen molar-refractivity contribution in [3.05, 3.63) is 69.3 Å². The number of nitrogens with zero attached hydrogens (tertiary/aromatic N) is 4. The Kier molecular flexibility index (Phi) is 10.2. The zero-order valence-electron chi connectivity index (χ0n) is 26.4. The van der Waals surface area contributed by atoms with Crippen molar-refractivity contribution in [1.82, 2.24) is 19.9 Å². The second kappa shape index (κ2) is 13.4. The second-order valence-electron chi connectivity index (χ2n) is 11.5. The summed E-state index contributed by atoms with van der Waals surface area (Å²) in [5.41, 5.74) is 10.6. The molecule has 45 heavy (non-hydrogen) atoms. The molecular formula is C34H36HgN4O6. The van der Waals surface area contributed by atoms with Crippen molar-refractivity contribution in [2.45, 2.75) is 79.4 Å². The average Bonchev–Trinajstić information content (AvgIpc) is 3.59. The molecule has 230 valence electrons. The molecule has 4 N–H and O–H groups in total. The quantitative estimate of drug-likeness (QED) is 0.232. The number of aliphatic hydroxyl groups excluding tert-OH is 2. The Morgan fingerprint density at radius 2 is 1.02 bits per heavy atom. The Hall–Kier alpha value is -3.60. The van der Waals surface area contributed by atoms with Crippen LogP contribution in [-0.4, -0.2) is 54.5 Å². The predicted molar refractivity (Wildman–Crippen MR) is 169 cm³/mol. The fraction of sp³-hybridized carbons (Fsp3) is 0.353. The first kappa shape index (κ1) is 34.3. The summed E-state index contributed by atoms with van der Waals surface area (Å²) in [7, 11) is 0. The SMILES string of the molecule is CC1=C(C(C)O)c2cc3nc(cc4[n-]c(cc5[n-]c(cc1n2)c(C)c5CCC(=O)O)c(CCC(=O)O)c4C)C(C(C)O)=C3C.[Hg+2]. The van der Waals surface area contributed by atoms with Crippen LogP contribution in [-0.2, 0) is 50.1 Å². The number of aryl methyl sites for hydroxylation is 4.